The van der Waals surface area contributed by atoms with Crippen molar-refractivity contribution >= 4 is 0 Å². The molecule has 218 valence electrons. The van der Waals surface area contributed by atoms with Gasteiger partial charge in [0.2, 0.25) is 0 Å². The Morgan fingerprint density at radius 3 is 1.93 bits per heavy atom. The van der Waals surface area contributed by atoms with E-state index in [1.54, 1.807) is 21.3 Å². The van der Waals surface area contributed by atoms with Crippen LogP contribution >= 0.6 is 0 Å². The fourth-order valence-corrected chi connectivity index (χ4v) is 5.20. The van der Waals surface area contributed by atoms with Crippen molar-refractivity contribution < 1.29 is 14.2 Å². The van der Waals surface area contributed by atoms with Gasteiger partial charge < -0.3 is 24.8 Å². The van der Waals surface area contributed by atoms with Crippen LogP contribution in [0.1, 0.15) is 60.8 Å². The number of hydrogen-bond acceptors (Lipinski definition) is 5. The molecule has 3 aromatic rings. The summed E-state index contributed by atoms with van der Waals surface area (Å²) in [7, 11) is 5.18. The first kappa shape index (κ1) is 31.5. The van der Waals surface area contributed by atoms with Gasteiger partial charge in [0.1, 0.15) is 5.75 Å². The van der Waals surface area contributed by atoms with Crippen molar-refractivity contribution in [2.75, 3.05) is 47.5 Å². The molecule has 0 aliphatic carbocycles. The maximum atomic E-state index is 5.82. The molecule has 5 heteroatoms. The molecule has 0 unspecified atom stereocenters. The van der Waals surface area contributed by atoms with Crippen LogP contribution in [0.2, 0.25) is 0 Å². The van der Waals surface area contributed by atoms with Gasteiger partial charge in [-0.25, -0.2) is 0 Å². The second-order valence-corrected chi connectivity index (χ2v) is 10.4. The summed E-state index contributed by atoms with van der Waals surface area (Å²) >= 11 is 0. The average molecular weight is 547 g/mol. The number of ether oxygens (including phenoxy) is 3. The summed E-state index contributed by atoms with van der Waals surface area (Å²) in [5, 5.41) is 7.23. The lowest BCUT2D eigenvalue weighted by molar-refractivity contribution is 0.350. The number of hydrogen-bond donors (Lipinski definition) is 2. The van der Waals surface area contributed by atoms with E-state index in [1.165, 1.54) is 47.9 Å². The van der Waals surface area contributed by atoms with Gasteiger partial charge in [0, 0.05) is 5.56 Å². The molecule has 0 saturated carbocycles. The van der Waals surface area contributed by atoms with E-state index >= 15 is 0 Å². The van der Waals surface area contributed by atoms with Gasteiger partial charge in [-0.1, -0.05) is 61.4 Å². The van der Waals surface area contributed by atoms with Crippen molar-refractivity contribution in [3.8, 4) is 17.2 Å². The zero-order valence-electron chi connectivity index (χ0n) is 25.0. The second kappa shape index (κ2) is 19.1. The molecule has 0 aliphatic rings. The molecule has 0 aliphatic heterocycles. The molecule has 5 nitrogen and oxygen atoms in total. The Kier molecular flexibility index (Phi) is 15.1. The minimum absolute atomic E-state index is 0.816. The maximum Gasteiger partial charge on any atom is 0.164 e. The Bertz CT molecular complexity index is 1090. The molecule has 0 aromatic heterocycles. The fourth-order valence-electron chi connectivity index (χ4n) is 5.20. The largest absolute Gasteiger partial charge is 0.497 e. The smallest absolute Gasteiger partial charge is 0.164 e. The third kappa shape index (κ3) is 11.2. The van der Waals surface area contributed by atoms with Gasteiger partial charge in [-0.15, -0.1) is 0 Å². The SMILES string of the molecule is COc1cccc(CCCCc2c(CCNCCCCCCNCCc3ccccc3)ccc(OC)c2OC)c1. The molecular formula is C35H50N2O3. The Balaban J connectivity index is 1.32. The van der Waals surface area contributed by atoms with Crippen LogP contribution in [0.15, 0.2) is 66.7 Å². The molecule has 2 N–H and O–H groups in total. The molecule has 0 bridgehead atoms. The van der Waals surface area contributed by atoms with Crippen molar-refractivity contribution in [3.05, 3.63) is 89.0 Å². The van der Waals surface area contributed by atoms with Crippen molar-refractivity contribution in [1.82, 2.24) is 10.6 Å². The molecular weight excluding hydrogens is 496 g/mol. The normalized spacial score (nSPS) is 11.0. The van der Waals surface area contributed by atoms with E-state index in [1.807, 2.05) is 12.1 Å². The third-order valence-electron chi connectivity index (χ3n) is 7.48. The van der Waals surface area contributed by atoms with Crippen molar-refractivity contribution in [1.29, 1.82) is 0 Å². The van der Waals surface area contributed by atoms with E-state index in [4.69, 9.17) is 14.2 Å². The van der Waals surface area contributed by atoms with Gasteiger partial charge in [0.05, 0.1) is 21.3 Å². The van der Waals surface area contributed by atoms with Gasteiger partial charge in [-0.2, -0.15) is 0 Å². The molecule has 0 heterocycles. The molecule has 40 heavy (non-hydrogen) atoms. The zero-order chi connectivity index (χ0) is 28.3. The summed E-state index contributed by atoms with van der Waals surface area (Å²) in [5.74, 6) is 2.63. The van der Waals surface area contributed by atoms with E-state index < -0.39 is 0 Å². The second-order valence-electron chi connectivity index (χ2n) is 10.4. The van der Waals surface area contributed by atoms with E-state index in [-0.39, 0.29) is 0 Å². The molecule has 0 spiro atoms. The first-order valence-corrected chi connectivity index (χ1v) is 15.1. The lowest BCUT2D eigenvalue weighted by Crippen LogP contribution is -2.20. The summed E-state index contributed by atoms with van der Waals surface area (Å²) in [6.45, 7) is 4.23. The Morgan fingerprint density at radius 1 is 0.525 bits per heavy atom. The summed E-state index contributed by atoms with van der Waals surface area (Å²) in [4.78, 5) is 0. The van der Waals surface area contributed by atoms with Crippen molar-refractivity contribution in [2.45, 2.75) is 64.2 Å². The monoisotopic (exact) mass is 546 g/mol. The quantitative estimate of drug-likeness (QED) is 0.144. The van der Waals surface area contributed by atoms with Crippen molar-refractivity contribution in [3.63, 3.8) is 0 Å². The number of benzene rings is 3. The van der Waals surface area contributed by atoms with Crippen LogP contribution in [0.25, 0.3) is 0 Å². The highest BCUT2D eigenvalue weighted by atomic mass is 16.5. The first-order chi connectivity index (χ1) is 19.7. The Morgan fingerprint density at radius 2 is 1.23 bits per heavy atom. The molecule has 3 rings (SSSR count). The summed E-state index contributed by atoms with van der Waals surface area (Å²) < 4.78 is 16.8. The van der Waals surface area contributed by atoms with Crippen LogP contribution in [0.5, 0.6) is 17.2 Å². The van der Waals surface area contributed by atoms with Gasteiger partial charge in [-0.3, -0.25) is 0 Å². The van der Waals surface area contributed by atoms with Gasteiger partial charge >= 0.3 is 0 Å². The summed E-state index contributed by atoms with van der Waals surface area (Å²) in [5.41, 5.74) is 5.37. The van der Waals surface area contributed by atoms with Gasteiger partial charge in [0.15, 0.2) is 11.5 Å². The van der Waals surface area contributed by atoms with Crippen LogP contribution in [0, 0.1) is 0 Å². The third-order valence-corrected chi connectivity index (χ3v) is 7.48. The summed E-state index contributed by atoms with van der Waals surface area (Å²) in [6, 6.07) is 23.3. The number of nitrogens with one attached hydrogen (secondary N) is 2. The summed E-state index contributed by atoms with van der Waals surface area (Å²) in [6.07, 6.45) is 11.4. The molecule has 0 fully saturated rings. The molecule has 3 aromatic carbocycles. The number of methoxy groups -OCH3 is 3. The van der Waals surface area contributed by atoms with Crippen LogP contribution in [-0.4, -0.2) is 47.5 Å². The number of rotatable bonds is 21. The van der Waals surface area contributed by atoms with Crippen LogP contribution < -0.4 is 24.8 Å². The zero-order valence-corrected chi connectivity index (χ0v) is 25.0. The van der Waals surface area contributed by atoms with Crippen molar-refractivity contribution in [2.24, 2.45) is 0 Å². The topological polar surface area (TPSA) is 51.8 Å². The highest BCUT2D eigenvalue weighted by Gasteiger charge is 2.14. The predicted molar refractivity (Wildman–Crippen MR) is 167 cm³/mol. The standard InChI is InChI=1S/C35H50N2O3/c1-38-32-18-13-17-30(28-32)16-9-10-19-33-31(20-21-34(39-2)35(33)40-3)23-27-37-25-12-5-4-11-24-36-26-22-29-14-7-6-8-15-29/h6-8,13-15,17-18,20-21,28,36-37H,4-5,9-12,16,19,22-27H2,1-3H3. The number of unbranched alkanes of at least 4 members (excludes halogenated alkanes) is 4. The molecule has 0 amide bonds. The number of aryl methyl sites for hydroxylation is 1. The lowest BCUT2D eigenvalue weighted by atomic mass is 9.96. The first-order valence-electron chi connectivity index (χ1n) is 15.1. The Labute approximate surface area is 242 Å². The minimum Gasteiger partial charge on any atom is -0.497 e. The van der Waals surface area contributed by atoms with E-state index in [9.17, 15) is 0 Å². The maximum absolute atomic E-state index is 5.82. The van der Waals surface area contributed by atoms with Crippen LogP contribution in [-0.2, 0) is 25.7 Å². The van der Waals surface area contributed by atoms with Gasteiger partial charge in [0.25, 0.3) is 0 Å². The molecule has 0 saturated heterocycles. The van der Waals surface area contributed by atoms with Crippen LogP contribution in [0.3, 0.4) is 0 Å². The van der Waals surface area contributed by atoms with E-state index in [2.05, 4.69) is 65.2 Å². The van der Waals surface area contributed by atoms with Gasteiger partial charge in [-0.05, 0) is 112 Å². The predicted octanol–water partition coefficient (Wildman–Crippen LogP) is 6.80. The minimum atomic E-state index is 0.816. The van der Waals surface area contributed by atoms with Crippen LogP contribution in [0.4, 0.5) is 0 Å². The Hall–Kier alpha value is -3.02. The lowest BCUT2D eigenvalue weighted by Gasteiger charge is -2.17. The highest BCUT2D eigenvalue weighted by Crippen LogP contribution is 2.35. The average Bonchev–Trinajstić information content (AvgIpc) is 3.00. The highest BCUT2D eigenvalue weighted by molar-refractivity contribution is 5.51. The molecule has 0 radical (unpaired) electrons. The molecule has 0 atom stereocenters. The van der Waals surface area contributed by atoms with E-state index in [0.717, 1.165) is 82.0 Å². The van der Waals surface area contributed by atoms with E-state index in [0.29, 0.717) is 0 Å². The fraction of sp³-hybridized carbons (Fsp3) is 0.486.